The molecular weight excluding hydrogens is 789 g/mol. The van der Waals surface area contributed by atoms with Crippen molar-refractivity contribution >= 4 is 59.0 Å². The molecule has 1 N–H and O–H groups in total. The van der Waals surface area contributed by atoms with E-state index in [4.69, 9.17) is 4.98 Å². The van der Waals surface area contributed by atoms with Crippen LogP contribution in [0.1, 0.15) is 83.9 Å². The Morgan fingerprint density at radius 3 is 2.15 bits per heavy atom. The molecule has 0 amide bonds. The van der Waals surface area contributed by atoms with Crippen molar-refractivity contribution in [1.29, 1.82) is 0 Å². The van der Waals surface area contributed by atoms with Crippen molar-refractivity contribution in [2.24, 2.45) is 10.8 Å². The van der Waals surface area contributed by atoms with Gasteiger partial charge in [-0.25, -0.2) is 4.98 Å². The first-order chi connectivity index (χ1) is 22.4. The van der Waals surface area contributed by atoms with Crippen LogP contribution in [-0.4, -0.2) is 20.9 Å². The Morgan fingerprint density at radius 1 is 0.833 bits per heavy atom. The molecule has 253 valence electrons. The molecule has 1 radical (unpaired) electrons. The molecule has 4 aromatic carbocycles. The van der Waals surface area contributed by atoms with E-state index < -0.39 is 0 Å². The number of fused-ring (bicyclic) bond motifs is 6. The van der Waals surface area contributed by atoms with Crippen LogP contribution in [0, 0.1) is 37.7 Å². The molecule has 0 aliphatic heterocycles. The quantitative estimate of drug-likeness (QED) is 0.0942. The van der Waals surface area contributed by atoms with Crippen molar-refractivity contribution < 1.29 is 30.0 Å². The van der Waals surface area contributed by atoms with Gasteiger partial charge in [-0.3, -0.25) is 9.78 Å². The largest absolute Gasteiger partial charge is 0.512 e. The molecule has 0 atom stereocenters. The second kappa shape index (κ2) is 15.0. The predicted molar refractivity (Wildman–Crippen MR) is 202 cm³/mol. The summed E-state index contributed by atoms with van der Waals surface area (Å²) < 4.78 is 1.27. The Labute approximate surface area is 303 Å². The zero-order chi connectivity index (χ0) is 34.1. The van der Waals surface area contributed by atoms with Gasteiger partial charge in [-0.15, -0.1) is 40.5 Å². The van der Waals surface area contributed by atoms with Crippen LogP contribution < -0.4 is 0 Å². The summed E-state index contributed by atoms with van der Waals surface area (Å²) in [5.41, 5.74) is 5.21. The Bertz CT molecular complexity index is 2140. The molecule has 0 fully saturated rings. The zero-order valence-electron chi connectivity index (χ0n) is 29.7. The molecule has 4 nitrogen and oxygen atoms in total. The predicted octanol–water partition coefficient (Wildman–Crippen LogP) is 12.2. The first-order valence-electron chi connectivity index (χ1n) is 16.8. The van der Waals surface area contributed by atoms with Gasteiger partial charge in [-0.05, 0) is 55.7 Å². The average molecular weight is 836 g/mol. The minimum absolute atomic E-state index is 0. The van der Waals surface area contributed by atoms with Gasteiger partial charge < -0.3 is 5.11 Å². The number of carbonyl (C=O) groups excluding carboxylic acids is 1. The monoisotopic (exact) mass is 836 g/mol. The number of ketones is 1. The molecule has 0 bridgehead atoms. The smallest absolute Gasteiger partial charge is 0.164 e. The summed E-state index contributed by atoms with van der Waals surface area (Å²) in [4.78, 5) is 22.6. The van der Waals surface area contributed by atoms with Gasteiger partial charge in [0.15, 0.2) is 5.78 Å². The maximum Gasteiger partial charge on any atom is 0.164 e. The Balaban J connectivity index is 0.000000251. The molecule has 0 spiro atoms. The van der Waals surface area contributed by atoms with E-state index >= 15 is 0 Å². The summed E-state index contributed by atoms with van der Waals surface area (Å²) in [7, 11) is 0. The van der Waals surface area contributed by atoms with E-state index in [9.17, 15) is 9.90 Å². The zero-order valence-corrected chi connectivity index (χ0v) is 32.9. The Hall–Kier alpha value is -3.44. The van der Waals surface area contributed by atoms with Gasteiger partial charge in [0.25, 0.3) is 0 Å². The van der Waals surface area contributed by atoms with Crippen molar-refractivity contribution in [2.75, 3.05) is 0 Å². The molecular formula is C42H47IrN2O2S-. The molecule has 6 rings (SSSR count). The number of aromatic nitrogens is 2. The second-order valence-electron chi connectivity index (χ2n) is 13.5. The van der Waals surface area contributed by atoms with E-state index in [0.29, 0.717) is 0 Å². The number of aliphatic hydroxyl groups is 1. The molecule has 2 aromatic heterocycles. The van der Waals surface area contributed by atoms with Crippen LogP contribution in [0.4, 0.5) is 0 Å². The van der Waals surface area contributed by atoms with Gasteiger partial charge in [-0.2, -0.15) is 0 Å². The number of benzene rings is 4. The number of nitrogens with zero attached hydrogens (tertiary/aromatic N) is 2. The number of hydrogen-bond donors (Lipinski definition) is 1. The van der Waals surface area contributed by atoms with Gasteiger partial charge in [0.2, 0.25) is 0 Å². The third-order valence-electron chi connectivity index (χ3n) is 10.5. The van der Waals surface area contributed by atoms with E-state index in [1.807, 2.05) is 41.5 Å². The minimum atomic E-state index is -0.337. The van der Waals surface area contributed by atoms with E-state index in [0.717, 1.165) is 52.5 Å². The fraction of sp³-hybridized carbons (Fsp3) is 0.357. The van der Waals surface area contributed by atoms with Gasteiger partial charge in [0.1, 0.15) is 16.9 Å². The summed E-state index contributed by atoms with van der Waals surface area (Å²) in [6.07, 6.45) is 6.44. The number of hydrogen-bond acceptors (Lipinski definition) is 5. The molecule has 6 heteroatoms. The summed E-state index contributed by atoms with van der Waals surface area (Å²) >= 11 is 1.75. The Kier molecular flexibility index (Phi) is 11.7. The van der Waals surface area contributed by atoms with Gasteiger partial charge >= 0.3 is 0 Å². The van der Waals surface area contributed by atoms with E-state index in [2.05, 4.69) is 86.4 Å². The molecule has 0 saturated carbocycles. The van der Waals surface area contributed by atoms with Crippen LogP contribution in [0.15, 0.2) is 72.8 Å². The standard InChI is InChI=1S/C27H19N2S.C15H28O2.Ir/c1-15-10-16(2)23-17(3)12-20(13-19(23)11-15)25-24-22-9-8-18-6-4-5-7-21(18)26(22)30-27(24)29-14-28-25;1-7-14(5,8-2)12(16)11-13(17)15(6,9-3)10-4;/h4-12,14H,1-3H3;11,16H,7-10H2,1-6H3;/q-1;;/b;12-11-;. The average Bonchev–Trinajstić information content (AvgIpc) is 3.46. The fourth-order valence-corrected chi connectivity index (χ4v) is 7.59. The first-order valence-corrected chi connectivity index (χ1v) is 17.7. The topological polar surface area (TPSA) is 63.1 Å². The Morgan fingerprint density at radius 2 is 1.48 bits per heavy atom. The van der Waals surface area contributed by atoms with Gasteiger partial charge in [0, 0.05) is 52.8 Å². The van der Waals surface area contributed by atoms with Crippen molar-refractivity contribution in [1.82, 2.24) is 9.97 Å². The molecule has 0 aliphatic rings. The maximum atomic E-state index is 12.2. The third-order valence-corrected chi connectivity index (χ3v) is 11.7. The molecule has 6 aromatic rings. The SMILES string of the molecule is CCC(C)(CC)C(=O)/C=C(\O)C(C)(CC)CC.Cc1cc(C)c2c(C)cc(-c3ncnc4sc5c6ccccc6ccc5c34)[c-]c2c1.[Ir]. The normalized spacial score (nSPS) is 12.3. The summed E-state index contributed by atoms with van der Waals surface area (Å²) in [5.74, 6) is 0.286. The fourth-order valence-electron chi connectivity index (χ4n) is 6.41. The van der Waals surface area contributed by atoms with Crippen molar-refractivity contribution in [3.63, 3.8) is 0 Å². The number of carbonyl (C=O) groups is 1. The van der Waals surface area contributed by atoms with Crippen LogP contribution in [0.5, 0.6) is 0 Å². The summed E-state index contributed by atoms with van der Waals surface area (Å²) in [6.45, 7) is 18.6. The van der Waals surface area contributed by atoms with Crippen molar-refractivity contribution in [3.8, 4) is 11.3 Å². The number of aliphatic hydroxyl groups excluding tert-OH is 1. The van der Waals surface area contributed by atoms with Crippen LogP contribution in [0.25, 0.3) is 53.1 Å². The minimum Gasteiger partial charge on any atom is -0.512 e. The van der Waals surface area contributed by atoms with E-state index in [1.54, 1.807) is 17.7 Å². The second-order valence-corrected chi connectivity index (χ2v) is 14.5. The van der Waals surface area contributed by atoms with Crippen LogP contribution >= 0.6 is 11.3 Å². The molecule has 0 unspecified atom stereocenters. The van der Waals surface area contributed by atoms with Crippen LogP contribution in [-0.2, 0) is 24.9 Å². The third kappa shape index (κ3) is 6.99. The molecule has 48 heavy (non-hydrogen) atoms. The van der Waals surface area contributed by atoms with Gasteiger partial charge in [-0.1, -0.05) is 113 Å². The summed E-state index contributed by atoms with van der Waals surface area (Å²) in [6, 6.07) is 23.3. The molecule has 0 aliphatic carbocycles. The maximum absolute atomic E-state index is 12.2. The van der Waals surface area contributed by atoms with Crippen molar-refractivity contribution in [2.45, 2.75) is 88.0 Å². The number of aryl methyl sites for hydroxylation is 3. The van der Waals surface area contributed by atoms with Gasteiger partial charge in [0.05, 0.1) is 0 Å². The number of thiophene rings is 1. The first kappa shape index (κ1) is 37.4. The molecule has 2 heterocycles. The summed E-state index contributed by atoms with van der Waals surface area (Å²) in [5, 5.41) is 17.4. The van der Waals surface area contributed by atoms with E-state index in [-0.39, 0.29) is 42.5 Å². The number of rotatable bonds is 8. The number of allylic oxidation sites excluding steroid dienone is 2. The van der Waals surface area contributed by atoms with Crippen LogP contribution in [0.3, 0.4) is 0 Å². The van der Waals surface area contributed by atoms with Crippen molar-refractivity contribution in [3.05, 3.63) is 95.5 Å². The van der Waals surface area contributed by atoms with E-state index in [1.165, 1.54) is 49.0 Å². The molecule has 0 saturated heterocycles. The van der Waals surface area contributed by atoms with Crippen LogP contribution in [0.2, 0.25) is 0 Å².